The molecule has 1 amide bonds. The average molecular weight is 295 g/mol. The van der Waals surface area contributed by atoms with Crippen LogP contribution in [-0.4, -0.2) is 5.91 Å². The van der Waals surface area contributed by atoms with E-state index >= 15 is 0 Å². The summed E-state index contributed by atoms with van der Waals surface area (Å²) in [5.74, 6) is 7.75. The molecule has 4 nitrogen and oxygen atoms in total. The van der Waals surface area contributed by atoms with Gasteiger partial charge in [-0.25, -0.2) is 5.84 Å². The molecule has 0 radical (unpaired) electrons. The molecule has 114 valence electrons. The van der Waals surface area contributed by atoms with Crippen molar-refractivity contribution in [2.75, 3.05) is 0 Å². The van der Waals surface area contributed by atoms with Gasteiger partial charge in [0.05, 0.1) is 17.0 Å². The molecule has 1 aromatic carbocycles. The molecule has 4 heteroatoms. The Morgan fingerprint density at radius 3 is 2.36 bits per heavy atom. The highest BCUT2D eigenvalue weighted by Crippen LogP contribution is 2.66. The molecule has 4 aliphatic carbocycles. The molecule has 4 bridgehead atoms. The van der Waals surface area contributed by atoms with Crippen molar-refractivity contribution in [3.8, 4) is 6.07 Å². The minimum atomic E-state index is -0.336. The van der Waals surface area contributed by atoms with Crippen LogP contribution in [0.4, 0.5) is 0 Å². The van der Waals surface area contributed by atoms with Crippen molar-refractivity contribution in [1.29, 1.82) is 5.26 Å². The molecule has 3 N–H and O–H groups in total. The van der Waals surface area contributed by atoms with Crippen LogP contribution >= 0.6 is 0 Å². The number of nitrogens with zero attached hydrogens (tertiary/aromatic N) is 1. The van der Waals surface area contributed by atoms with Gasteiger partial charge >= 0.3 is 0 Å². The standard InChI is InChI=1S/C18H21N3O/c19-10-11-1-3-14(4-2-11)16-15-6-12-5-13(7-15)9-18(16,8-12)17(22)21-20/h1-4,12-13,15-16H,5-9,20H2,(H,21,22). The van der Waals surface area contributed by atoms with E-state index in [1.807, 2.05) is 24.3 Å². The van der Waals surface area contributed by atoms with Crippen molar-refractivity contribution in [3.63, 3.8) is 0 Å². The number of hydrogen-bond acceptors (Lipinski definition) is 3. The van der Waals surface area contributed by atoms with Gasteiger partial charge in [-0.1, -0.05) is 12.1 Å². The lowest BCUT2D eigenvalue weighted by Crippen LogP contribution is -2.59. The fourth-order valence-corrected chi connectivity index (χ4v) is 5.87. The van der Waals surface area contributed by atoms with E-state index in [9.17, 15) is 4.79 Å². The van der Waals surface area contributed by atoms with Crippen LogP contribution in [0.1, 0.15) is 49.1 Å². The Bertz CT molecular complexity index is 631. The summed E-state index contributed by atoms with van der Waals surface area (Å²) in [7, 11) is 0. The van der Waals surface area contributed by atoms with Crippen LogP contribution < -0.4 is 11.3 Å². The zero-order valence-corrected chi connectivity index (χ0v) is 12.6. The molecule has 0 aromatic heterocycles. The van der Waals surface area contributed by atoms with Gasteiger partial charge in [-0.05, 0) is 67.6 Å². The number of carbonyl (C=O) groups is 1. The van der Waals surface area contributed by atoms with Gasteiger partial charge in [0.25, 0.3) is 0 Å². The minimum absolute atomic E-state index is 0.0148. The Hall–Kier alpha value is -1.86. The number of amides is 1. The molecule has 3 unspecified atom stereocenters. The molecule has 22 heavy (non-hydrogen) atoms. The lowest BCUT2D eigenvalue weighted by molar-refractivity contribution is -0.150. The molecule has 4 fully saturated rings. The predicted octanol–water partition coefficient (Wildman–Crippen LogP) is 2.46. The maximum atomic E-state index is 12.7. The summed E-state index contributed by atoms with van der Waals surface area (Å²) in [6, 6.07) is 9.98. The van der Waals surface area contributed by atoms with Gasteiger partial charge in [0.2, 0.25) is 5.91 Å². The molecule has 0 saturated heterocycles. The lowest BCUT2D eigenvalue weighted by atomic mass is 9.43. The third-order valence-corrected chi connectivity index (χ3v) is 6.29. The van der Waals surface area contributed by atoms with Crippen molar-refractivity contribution in [3.05, 3.63) is 35.4 Å². The van der Waals surface area contributed by atoms with Crippen molar-refractivity contribution >= 4 is 5.91 Å². The van der Waals surface area contributed by atoms with E-state index in [1.165, 1.54) is 24.8 Å². The summed E-state index contributed by atoms with van der Waals surface area (Å²) in [5.41, 5.74) is 3.99. The first-order valence-electron chi connectivity index (χ1n) is 8.17. The Kier molecular flexibility index (Phi) is 3.02. The fraction of sp³-hybridized carbons (Fsp3) is 0.556. The van der Waals surface area contributed by atoms with E-state index in [-0.39, 0.29) is 17.2 Å². The summed E-state index contributed by atoms with van der Waals surface area (Å²) >= 11 is 0. The maximum absolute atomic E-state index is 12.7. The van der Waals surface area contributed by atoms with E-state index in [0.717, 1.165) is 12.8 Å². The Balaban J connectivity index is 1.78. The second-order valence-corrected chi connectivity index (χ2v) is 7.45. The number of rotatable bonds is 2. The van der Waals surface area contributed by atoms with E-state index in [4.69, 9.17) is 11.1 Å². The van der Waals surface area contributed by atoms with Gasteiger partial charge in [0, 0.05) is 5.92 Å². The summed E-state index contributed by atoms with van der Waals surface area (Å²) in [4.78, 5) is 12.7. The average Bonchev–Trinajstić information content (AvgIpc) is 2.53. The van der Waals surface area contributed by atoms with Crippen LogP contribution in [0.2, 0.25) is 0 Å². The quantitative estimate of drug-likeness (QED) is 0.500. The second kappa shape index (κ2) is 4.82. The lowest BCUT2D eigenvalue weighted by Gasteiger charge is -2.60. The second-order valence-electron chi connectivity index (χ2n) is 7.45. The van der Waals surface area contributed by atoms with Gasteiger partial charge in [0.1, 0.15) is 0 Å². The third-order valence-electron chi connectivity index (χ3n) is 6.29. The minimum Gasteiger partial charge on any atom is -0.294 e. The molecular formula is C18H21N3O. The first kappa shape index (κ1) is 13.8. The molecule has 1 aromatic rings. The molecule has 4 saturated carbocycles. The number of carbonyl (C=O) groups excluding carboxylic acids is 1. The Labute approximate surface area is 130 Å². The zero-order valence-electron chi connectivity index (χ0n) is 12.6. The molecule has 3 atom stereocenters. The van der Waals surface area contributed by atoms with Crippen molar-refractivity contribution < 1.29 is 4.79 Å². The van der Waals surface area contributed by atoms with Crippen LogP contribution in [-0.2, 0) is 4.79 Å². The highest BCUT2D eigenvalue weighted by molar-refractivity contribution is 5.84. The molecule has 0 heterocycles. The van der Waals surface area contributed by atoms with E-state index < -0.39 is 0 Å². The van der Waals surface area contributed by atoms with Crippen molar-refractivity contribution in [2.24, 2.45) is 29.0 Å². The zero-order chi connectivity index (χ0) is 15.3. The molecule has 4 aliphatic rings. The smallest absolute Gasteiger partial charge is 0.240 e. The number of nitriles is 1. The van der Waals surface area contributed by atoms with Crippen molar-refractivity contribution in [2.45, 2.75) is 38.0 Å². The number of hydrazine groups is 1. The summed E-state index contributed by atoms with van der Waals surface area (Å²) < 4.78 is 0. The molecule has 0 aliphatic heterocycles. The van der Waals surface area contributed by atoms with Crippen LogP contribution in [0.25, 0.3) is 0 Å². The predicted molar refractivity (Wildman–Crippen MR) is 82.2 cm³/mol. The highest BCUT2D eigenvalue weighted by atomic mass is 16.2. The summed E-state index contributed by atoms with van der Waals surface area (Å²) in [5, 5.41) is 8.99. The largest absolute Gasteiger partial charge is 0.294 e. The van der Waals surface area contributed by atoms with Crippen LogP contribution in [0.15, 0.2) is 24.3 Å². The normalized spacial score (nSPS) is 38.5. The van der Waals surface area contributed by atoms with Gasteiger partial charge < -0.3 is 0 Å². The highest BCUT2D eigenvalue weighted by Gasteiger charge is 2.60. The molecule has 5 rings (SSSR count). The van der Waals surface area contributed by atoms with E-state index in [1.54, 1.807) is 0 Å². The van der Waals surface area contributed by atoms with Gasteiger partial charge in [0.15, 0.2) is 0 Å². The summed E-state index contributed by atoms with van der Waals surface area (Å²) in [6.45, 7) is 0. The number of nitrogens with one attached hydrogen (secondary N) is 1. The Morgan fingerprint density at radius 1 is 1.18 bits per heavy atom. The summed E-state index contributed by atoms with van der Waals surface area (Å²) in [6.07, 6.45) is 5.69. The van der Waals surface area contributed by atoms with E-state index in [2.05, 4.69) is 11.5 Å². The fourth-order valence-electron chi connectivity index (χ4n) is 5.87. The van der Waals surface area contributed by atoms with Crippen LogP contribution in [0.5, 0.6) is 0 Å². The molecule has 0 spiro atoms. The van der Waals surface area contributed by atoms with Crippen molar-refractivity contribution in [1.82, 2.24) is 5.43 Å². The first-order valence-corrected chi connectivity index (χ1v) is 8.17. The van der Waals surface area contributed by atoms with E-state index in [0.29, 0.717) is 23.3 Å². The third kappa shape index (κ3) is 1.82. The number of benzene rings is 1. The van der Waals surface area contributed by atoms with Crippen LogP contribution in [0.3, 0.4) is 0 Å². The first-order chi connectivity index (χ1) is 10.7. The topological polar surface area (TPSA) is 78.9 Å². The van der Waals surface area contributed by atoms with Gasteiger partial charge in [-0.15, -0.1) is 0 Å². The van der Waals surface area contributed by atoms with Gasteiger partial charge in [-0.3, -0.25) is 10.2 Å². The number of nitrogens with two attached hydrogens (primary N) is 1. The maximum Gasteiger partial charge on any atom is 0.240 e. The molecular weight excluding hydrogens is 274 g/mol. The number of hydrogen-bond donors (Lipinski definition) is 2. The monoisotopic (exact) mass is 295 g/mol. The Morgan fingerprint density at radius 2 is 1.82 bits per heavy atom. The SMILES string of the molecule is N#Cc1ccc(C2C3CC4CC(C3)CC2(C(=O)NN)C4)cc1. The van der Waals surface area contributed by atoms with Gasteiger partial charge in [-0.2, -0.15) is 5.26 Å². The van der Waals surface area contributed by atoms with Crippen LogP contribution in [0, 0.1) is 34.5 Å².